The second-order valence-electron chi connectivity index (χ2n) is 11.3. The second kappa shape index (κ2) is 9.95. The Balaban J connectivity index is 1.37. The number of hydrogen-bond donors (Lipinski definition) is 2. The van der Waals surface area contributed by atoms with Crippen LogP contribution in [0.3, 0.4) is 0 Å². The summed E-state index contributed by atoms with van der Waals surface area (Å²) in [6.07, 6.45) is -1.29. The highest BCUT2D eigenvalue weighted by Crippen LogP contribution is 2.66. The van der Waals surface area contributed by atoms with E-state index >= 15 is 0 Å². The van der Waals surface area contributed by atoms with Crippen LogP contribution in [0.5, 0.6) is 11.8 Å². The molecular weight excluding hydrogens is 535 g/mol. The summed E-state index contributed by atoms with van der Waals surface area (Å²) in [6.45, 7) is 4.82. The fourth-order valence-electron chi connectivity index (χ4n) is 5.64. The van der Waals surface area contributed by atoms with Gasteiger partial charge in [-0.25, -0.2) is 18.7 Å². The van der Waals surface area contributed by atoms with E-state index in [1.54, 1.807) is 26.1 Å². The van der Waals surface area contributed by atoms with Crippen LogP contribution < -0.4 is 9.47 Å². The molecular formula is C29H29F5N2O4. The maximum absolute atomic E-state index is 14.8. The Morgan fingerprint density at radius 3 is 2.42 bits per heavy atom. The van der Waals surface area contributed by atoms with Crippen LogP contribution in [0.15, 0.2) is 36.7 Å². The van der Waals surface area contributed by atoms with Gasteiger partial charge in [0.05, 0.1) is 17.8 Å². The molecule has 1 fully saturated rings. The van der Waals surface area contributed by atoms with Gasteiger partial charge < -0.3 is 19.7 Å². The van der Waals surface area contributed by atoms with Gasteiger partial charge in [-0.2, -0.15) is 13.2 Å². The average molecular weight is 565 g/mol. The van der Waals surface area contributed by atoms with Crippen LogP contribution >= 0.6 is 0 Å². The lowest BCUT2D eigenvalue weighted by molar-refractivity contribution is -0.137. The van der Waals surface area contributed by atoms with E-state index < -0.39 is 47.0 Å². The van der Waals surface area contributed by atoms with Gasteiger partial charge in [0, 0.05) is 48.0 Å². The van der Waals surface area contributed by atoms with Gasteiger partial charge in [-0.15, -0.1) is 0 Å². The number of nitrogens with zero attached hydrogens (tertiary/aromatic N) is 2. The number of hydrogen-bond acceptors (Lipinski definition) is 6. The maximum atomic E-state index is 14.8. The quantitative estimate of drug-likeness (QED) is 0.329. The number of aliphatic hydroxyl groups excluding tert-OH is 1. The highest BCUT2D eigenvalue weighted by Gasteiger charge is 2.65. The largest absolute Gasteiger partial charge is 0.475 e. The zero-order valence-corrected chi connectivity index (χ0v) is 22.1. The molecule has 2 aromatic heterocycles. The minimum Gasteiger partial charge on any atom is -0.475 e. The Hall–Kier alpha value is -3.31. The number of aromatic nitrogens is 2. The first-order valence-electron chi connectivity index (χ1n) is 12.9. The van der Waals surface area contributed by atoms with Gasteiger partial charge in [-0.3, -0.25) is 0 Å². The summed E-state index contributed by atoms with van der Waals surface area (Å²) in [5.41, 5.74) is -1.27. The third kappa shape index (κ3) is 5.24. The van der Waals surface area contributed by atoms with Crippen molar-refractivity contribution < 1.29 is 41.6 Å². The highest BCUT2D eigenvalue weighted by atomic mass is 19.4. The molecule has 6 nitrogen and oxygen atoms in total. The number of aliphatic hydroxyl groups is 2. The normalized spacial score (nSPS) is 21.6. The third-order valence-electron chi connectivity index (χ3n) is 8.04. The molecule has 2 heterocycles. The van der Waals surface area contributed by atoms with E-state index in [1.807, 2.05) is 0 Å². The van der Waals surface area contributed by atoms with E-state index in [0.29, 0.717) is 12.0 Å². The van der Waals surface area contributed by atoms with Crippen LogP contribution in [-0.2, 0) is 24.6 Å². The zero-order chi connectivity index (χ0) is 29.0. The Morgan fingerprint density at radius 2 is 1.77 bits per heavy atom. The van der Waals surface area contributed by atoms with Crippen molar-refractivity contribution in [1.29, 1.82) is 0 Å². The molecule has 2 N–H and O–H groups in total. The molecule has 2 aliphatic rings. The SMILES string of the molecule is CC(C)(O)CCOc1ncc(-c2cc(COc3cc4c(cn3)C3(C)C(CO)C3C4)c(F)cc2C(F)(F)F)cc1F. The fraction of sp³-hybridized carbons (Fsp3) is 0.448. The van der Waals surface area contributed by atoms with Crippen molar-refractivity contribution in [1.82, 2.24) is 9.97 Å². The van der Waals surface area contributed by atoms with Crippen LogP contribution in [-0.4, -0.2) is 39.0 Å². The van der Waals surface area contributed by atoms with Crippen molar-refractivity contribution in [2.24, 2.45) is 11.8 Å². The summed E-state index contributed by atoms with van der Waals surface area (Å²) in [6, 6.07) is 3.91. The minimum absolute atomic E-state index is 0.0583. The topological polar surface area (TPSA) is 84.7 Å². The van der Waals surface area contributed by atoms with Crippen LogP contribution in [0.1, 0.15) is 49.4 Å². The maximum Gasteiger partial charge on any atom is 0.417 e. The number of alkyl halides is 3. The monoisotopic (exact) mass is 564 g/mol. The summed E-state index contributed by atoms with van der Waals surface area (Å²) < 4.78 is 81.8. The summed E-state index contributed by atoms with van der Waals surface area (Å²) in [7, 11) is 0. The molecule has 0 radical (unpaired) electrons. The Bertz CT molecular complexity index is 1440. The minimum atomic E-state index is -4.92. The van der Waals surface area contributed by atoms with Gasteiger partial charge in [0.15, 0.2) is 5.82 Å². The van der Waals surface area contributed by atoms with Gasteiger partial charge in [-0.05, 0) is 67.0 Å². The van der Waals surface area contributed by atoms with Crippen LogP contribution in [0.4, 0.5) is 22.0 Å². The first-order valence-corrected chi connectivity index (χ1v) is 12.9. The standard InChI is InChI=1S/C29H29F5N2O4/c1-27(2,38)4-5-39-26-24(31)8-16(11-36-26)18-6-17(23(30)10-19(18)29(32,33)34)14-40-25-9-15-7-20-22(13-37)28(20,3)21(15)12-35-25/h6,8-12,20,22,37-38H,4-5,7,13-14H2,1-3H3. The zero-order valence-electron chi connectivity index (χ0n) is 22.1. The number of halogens is 5. The van der Waals surface area contributed by atoms with Crippen LogP contribution in [0, 0.1) is 23.5 Å². The first-order chi connectivity index (χ1) is 18.7. The van der Waals surface area contributed by atoms with E-state index in [0.717, 1.165) is 35.9 Å². The Kier molecular flexibility index (Phi) is 7.02. The van der Waals surface area contributed by atoms with Crippen molar-refractivity contribution >= 4 is 0 Å². The average Bonchev–Trinajstić information content (AvgIpc) is 3.32. The van der Waals surface area contributed by atoms with Gasteiger partial charge in [0.1, 0.15) is 12.4 Å². The predicted octanol–water partition coefficient (Wildman–Crippen LogP) is 5.61. The van der Waals surface area contributed by atoms with E-state index in [2.05, 4.69) is 16.9 Å². The lowest BCUT2D eigenvalue weighted by Crippen LogP contribution is -2.22. The summed E-state index contributed by atoms with van der Waals surface area (Å²) in [5.74, 6) is -1.83. The van der Waals surface area contributed by atoms with Crippen molar-refractivity contribution in [2.75, 3.05) is 13.2 Å². The van der Waals surface area contributed by atoms with Crippen molar-refractivity contribution in [2.45, 2.75) is 57.4 Å². The Labute approximate surface area is 227 Å². The first kappa shape index (κ1) is 28.2. The van der Waals surface area contributed by atoms with Gasteiger partial charge in [0.2, 0.25) is 11.8 Å². The van der Waals surface area contributed by atoms with E-state index in [-0.39, 0.29) is 48.0 Å². The van der Waals surface area contributed by atoms with E-state index in [1.165, 1.54) is 0 Å². The lowest BCUT2D eigenvalue weighted by atomic mass is 9.96. The van der Waals surface area contributed by atoms with Crippen LogP contribution in [0.2, 0.25) is 0 Å². The summed E-state index contributed by atoms with van der Waals surface area (Å²) >= 11 is 0. The molecule has 0 amide bonds. The molecule has 3 aromatic rings. The lowest BCUT2D eigenvalue weighted by Gasteiger charge is -2.18. The molecule has 0 aliphatic heterocycles. The number of pyridine rings is 2. The summed E-state index contributed by atoms with van der Waals surface area (Å²) in [4.78, 5) is 8.09. The summed E-state index contributed by atoms with van der Waals surface area (Å²) in [5, 5.41) is 19.3. The van der Waals surface area contributed by atoms with Crippen molar-refractivity contribution in [3.63, 3.8) is 0 Å². The van der Waals surface area contributed by atoms with Gasteiger partial charge in [-0.1, -0.05) is 6.92 Å². The number of fused-ring (bicyclic) bond motifs is 3. The molecule has 11 heteroatoms. The molecule has 5 rings (SSSR count). The van der Waals surface area contributed by atoms with Gasteiger partial charge in [0.25, 0.3) is 0 Å². The second-order valence-corrected chi connectivity index (χ2v) is 11.3. The third-order valence-corrected chi connectivity index (χ3v) is 8.04. The molecule has 0 spiro atoms. The molecule has 214 valence electrons. The molecule has 1 saturated carbocycles. The van der Waals surface area contributed by atoms with Crippen molar-refractivity contribution in [3.05, 3.63) is 70.5 Å². The molecule has 3 unspecified atom stereocenters. The molecule has 2 aliphatic carbocycles. The highest BCUT2D eigenvalue weighted by molar-refractivity contribution is 5.69. The molecule has 40 heavy (non-hydrogen) atoms. The van der Waals surface area contributed by atoms with E-state index in [4.69, 9.17) is 9.47 Å². The number of ether oxygens (including phenoxy) is 2. The van der Waals surface area contributed by atoms with Crippen LogP contribution in [0.25, 0.3) is 11.1 Å². The molecule has 3 atom stereocenters. The van der Waals surface area contributed by atoms with Gasteiger partial charge >= 0.3 is 6.18 Å². The fourth-order valence-corrected chi connectivity index (χ4v) is 5.64. The Morgan fingerprint density at radius 1 is 1.02 bits per heavy atom. The predicted molar refractivity (Wildman–Crippen MR) is 135 cm³/mol. The molecule has 0 bridgehead atoms. The molecule has 1 aromatic carbocycles. The number of benzene rings is 1. The smallest absolute Gasteiger partial charge is 0.417 e. The number of rotatable bonds is 9. The van der Waals surface area contributed by atoms with Crippen molar-refractivity contribution in [3.8, 4) is 22.9 Å². The van der Waals surface area contributed by atoms with E-state index in [9.17, 15) is 32.2 Å². The molecule has 0 saturated heterocycles.